The molecule has 0 aliphatic rings. The fourth-order valence-electron chi connectivity index (χ4n) is 4.15. The Morgan fingerprint density at radius 3 is 2.43 bits per heavy atom. The smallest absolute Gasteiger partial charge is 0.194 e. The number of aromatic hydroxyl groups is 1. The number of carbonyl (C=O) groups is 1. The average Bonchev–Trinajstić information content (AvgIpc) is 2.90. The normalized spacial score (nSPS) is 11.2. The molecule has 178 valence electrons. The first-order chi connectivity index (χ1) is 17.2. The van der Waals surface area contributed by atoms with E-state index in [2.05, 4.69) is 11.9 Å². The number of ketones is 1. The summed E-state index contributed by atoms with van der Waals surface area (Å²) < 4.78 is 5.76. The molecule has 0 unspecified atom stereocenters. The van der Waals surface area contributed by atoms with Crippen molar-refractivity contribution in [3.8, 4) is 22.6 Å². The van der Waals surface area contributed by atoms with Gasteiger partial charge in [-0.25, -0.2) is 0 Å². The van der Waals surface area contributed by atoms with Crippen molar-refractivity contribution < 1.29 is 14.6 Å². The van der Waals surface area contributed by atoms with Gasteiger partial charge in [0.2, 0.25) is 0 Å². The van der Waals surface area contributed by atoms with Crippen LogP contribution in [0.25, 0.3) is 21.9 Å². The molecular formula is C31H31NO3. The maximum Gasteiger partial charge on any atom is 0.194 e. The molecule has 4 rings (SSSR count). The van der Waals surface area contributed by atoms with E-state index in [4.69, 9.17) is 4.74 Å². The minimum Gasteiger partial charge on any atom is -0.508 e. The van der Waals surface area contributed by atoms with Gasteiger partial charge in [0.25, 0.3) is 0 Å². The molecule has 0 saturated heterocycles. The number of unbranched alkanes of at least 4 members (excludes halogenated alkanes) is 3. The number of ether oxygens (including phenoxy) is 1. The number of hydrogen-bond donors (Lipinski definition) is 1. The lowest BCUT2D eigenvalue weighted by Gasteiger charge is -2.13. The van der Waals surface area contributed by atoms with Crippen molar-refractivity contribution in [2.45, 2.75) is 32.6 Å². The van der Waals surface area contributed by atoms with E-state index in [-0.39, 0.29) is 11.5 Å². The number of hydrogen-bond acceptors (Lipinski definition) is 4. The molecule has 4 aromatic carbocycles. The second-order valence-electron chi connectivity index (χ2n) is 8.57. The number of fused-ring (bicyclic) bond motifs is 1. The van der Waals surface area contributed by atoms with Gasteiger partial charge in [0.1, 0.15) is 18.1 Å². The van der Waals surface area contributed by atoms with Gasteiger partial charge in [0.05, 0.1) is 0 Å². The average molecular weight is 466 g/mol. The largest absolute Gasteiger partial charge is 0.508 e. The van der Waals surface area contributed by atoms with Gasteiger partial charge in [-0.1, -0.05) is 74.7 Å². The minimum atomic E-state index is -0.0509. The van der Waals surface area contributed by atoms with Crippen LogP contribution in [0.1, 0.15) is 48.5 Å². The molecule has 0 aliphatic carbocycles. The van der Waals surface area contributed by atoms with E-state index < -0.39 is 0 Å². The third-order valence-electron chi connectivity index (χ3n) is 6.05. The van der Waals surface area contributed by atoms with Gasteiger partial charge in [-0.15, -0.1) is 0 Å². The zero-order valence-electron chi connectivity index (χ0n) is 20.1. The third-order valence-corrected chi connectivity index (χ3v) is 6.05. The van der Waals surface area contributed by atoms with Crippen LogP contribution in [0.3, 0.4) is 0 Å². The first-order valence-corrected chi connectivity index (χ1v) is 12.2. The second-order valence-corrected chi connectivity index (χ2v) is 8.57. The molecule has 0 radical (unpaired) electrons. The minimum absolute atomic E-state index is 0.0509. The lowest BCUT2D eigenvalue weighted by atomic mass is 9.89. The number of benzene rings is 4. The Hall–Kier alpha value is -3.92. The summed E-state index contributed by atoms with van der Waals surface area (Å²) in [5.74, 6) is 0.847. The maximum atomic E-state index is 13.7. The van der Waals surface area contributed by atoms with Crippen LogP contribution in [0.5, 0.6) is 11.5 Å². The van der Waals surface area contributed by atoms with Crippen LogP contribution in [-0.4, -0.2) is 30.3 Å². The van der Waals surface area contributed by atoms with Gasteiger partial charge in [0, 0.05) is 23.9 Å². The molecule has 4 nitrogen and oxygen atoms in total. The van der Waals surface area contributed by atoms with Crippen LogP contribution in [0.4, 0.5) is 0 Å². The van der Waals surface area contributed by atoms with Crippen molar-refractivity contribution in [3.63, 3.8) is 0 Å². The molecule has 35 heavy (non-hydrogen) atoms. The Labute approximate surface area is 206 Å². The summed E-state index contributed by atoms with van der Waals surface area (Å²) in [7, 11) is 0. The summed E-state index contributed by atoms with van der Waals surface area (Å²) in [6, 6.07) is 26.1. The van der Waals surface area contributed by atoms with Crippen molar-refractivity contribution in [2.75, 3.05) is 13.2 Å². The molecule has 0 bridgehead atoms. The Balaban J connectivity index is 1.52. The Morgan fingerprint density at radius 2 is 1.66 bits per heavy atom. The van der Waals surface area contributed by atoms with E-state index in [0.717, 1.165) is 34.9 Å². The van der Waals surface area contributed by atoms with E-state index >= 15 is 0 Å². The van der Waals surface area contributed by atoms with Crippen LogP contribution in [-0.2, 0) is 0 Å². The van der Waals surface area contributed by atoms with Crippen LogP contribution in [0, 0.1) is 0 Å². The van der Waals surface area contributed by atoms with E-state index in [0.29, 0.717) is 23.5 Å². The van der Waals surface area contributed by atoms with Gasteiger partial charge in [-0.2, -0.15) is 0 Å². The predicted molar refractivity (Wildman–Crippen MR) is 144 cm³/mol. The quantitative estimate of drug-likeness (QED) is 0.142. The molecule has 4 heteroatoms. The summed E-state index contributed by atoms with van der Waals surface area (Å²) in [5, 5.41) is 11.6. The zero-order chi connectivity index (χ0) is 24.5. The second kappa shape index (κ2) is 12.0. The molecule has 0 aliphatic heterocycles. The molecular weight excluding hydrogens is 434 g/mol. The van der Waals surface area contributed by atoms with Crippen LogP contribution in [0.2, 0.25) is 0 Å². The van der Waals surface area contributed by atoms with Crippen molar-refractivity contribution in [2.24, 2.45) is 4.99 Å². The van der Waals surface area contributed by atoms with Crippen LogP contribution < -0.4 is 4.74 Å². The zero-order valence-corrected chi connectivity index (χ0v) is 20.1. The standard InChI is InChI=1S/C31H31NO3/c1-2-3-4-7-20-32-21-22-35-27-17-12-25(13-18-27)31(34)30-28-9-6-5-8-23(28)14-19-29(30)24-10-15-26(33)16-11-24/h5-6,8-19,21,33H,2-4,7,20,22H2,1H3. The molecule has 0 spiro atoms. The first kappa shape index (κ1) is 24.2. The molecule has 0 fully saturated rings. The molecule has 0 heterocycles. The van der Waals surface area contributed by atoms with Crippen molar-refractivity contribution in [1.29, 1.82) is 0 Å². The third kappa shape index (κ3) is 6.15. The lowest BCUT2D eigenvalue weighted by molar-refractivity contribution is 0.104. The Kier molecular flexibility index (Phi) is 8.29. The van der Waals surface area contributed by atoms with Gasteiger partial charge >= 0.3 is 0 Å². The Morgan fingerprint density at radius 1 is 0.886 bits per heavy atom. The van der Waals surface area contributed by atoms with Gasteiger partial charge in [0.15, 0.2) is 5.78 Å². The highest BCUT2D eigenvalue weighted by atomic mass is 16.5. The highest BCUT2D eigenvalue weighted by molar-refractivity contribution is 6.20. The number of phenols is 1. The summed E-state index contributed by atoms with van der Waals surface area (Å²) in [4.78, 5) is 18.1. The highest BCUT2D eigenvalue weighted by Crippen LogP contribution is 2.33. The Bertz CT molecular complexity index is 1290. The molecule has 4 aromatic rings. The topological polar surface area (TPSA) is 58.9 Å². The maximum absolute atomic E-state index is 13.7. The van der Waals surface area contributed by atoms with Gasteiger partial charge < -0.3 is 9.84 Å². The van der Waals surface area contributed by atoms with Gasteiger partial charge in [-0.05, 0) is 64.7 Å². The van der Waals surface area contributed by atoms with E-state index in [9.17, 15) is 9.90 Å². The van der Waals surface area contributed by atoms with Crippen molar-refractivity contribution in [1.82, 2.24) is 0 Å². The fourth-order valence-corrected chi connectivity index (χ4v) is 4.15. The van der Waals surface area contributed by atoms with Crippen molar-refractivity contribution >= 4 is 22.8 Å². The number of phenolic OH excluding ortho intramolecular Hbond substituents is 1. The van der Waals surface area contributed by atoms with E-state index in [1.165, 1.54) is 19.3 Å². The highest BCUT2D eigenvalue weighted by Gasteiger charge is 2.18. The molecule has 1 N–H and O–H groups in total. The van der Waals surface area contributed by atoms with Crippen LogP contribution >= 0.6 is 0 Å². The number of nitrogens with zero attached hydrogens (tertiary/aromatic N) is 1. The van der Waals surface area contributed by atoms with Gasteiger partial charge in [-0.3, -0.25) is 9.79 Å². The molecule has 0 amide bonds. The molecule has 0 aromatic heterocycles. The first-order valence-electron chi connectivity index (χ1n) is 12.2. The van der Waals surface area contributed by atoms with E-state index in [1.807, 2.05) is 79.0 Å². The molecule has 0 saturated carbocycles. The van der Waals surface area contributed by atoms with Crippen LogP contribution in [0.15, 0.2) is 89.9 Å². The summed E-state index contributed by atoms with van der Waals surface area (Å²) in [6.45, 7) is 3.45. The summed E-state index contributed by atoms with van der Waals surface area (Å²) >= 11 is 0. The van der Waals surface area contributed by atoms with Crippen molar-refractivity contribution in [3.05, 3.63) is 96.1 Å². The predicted octanol–water partition coefficient (Wildman–Crippen LogP) is 7.47. The number of carbonyl (C=O) groups excluding carboxylic acids is 1. The van der Waals surface area contributed by atoms with E-state index in [1.54, 1.807) is 12.1 Å². The monoisotopic (exact) mass is 465 g/mol. The number of rotatable bonds is 11. The molecule has 0 atom stereocenters. The summed E-state index contributed by atoms with van der Waals surface area (Å²) in [5.41, 5.74) is 2.96. The lowest BCUT2D eigenvalue weighted by Crippen LogP contribution is -2.05. The SMILES string of the molecule is CCCCCCN=CCOc1ccc(C(=O)c2c(-c3ccc(O)cc3)ccc3ccccc23)cc1. The number of aliphatic imine (C=N–C) groups is 1. The fraction of sp³-hybridized carbons (Fsp3) is 0.226. The summed E-state index contributed by atoms with van der Waals surface area (Å²) in [6.07, 6.45) is 6.62.